The lowest BCUT2D eigenvalue weighted by Crippen LogP contribution is -2.17. The molecule has 0 saturated carbocycles. The van der Waals surface area contributed by atoms with Gasteiger partial charge in [0.15, 0.2) is 15.8 Å². The molecule has 0 fully saturated rings. The lowest BCUT2D eigenvalue weighted by atomic mass is 10.1. The largest absolute Gasteiger partial charge is 0.504 e. The van der Waals surface area contributed by atoms with Crippen molar-refractivity contribution in [2.24, 2.45) is 5.10 Å². The van der Waals surface area contributed by atoms with Crippen LogP contribution in [0.5, 0.6) is 11.5 Å². The number of nitrogens with zero attached hydrogens (tertiary/aromatic N) is 2. The maximum atomic E-state index is 12.2. The number of para-hydroxylation sites is 1. The summed E-state index contributed by atoms with van der Waals surface area (Å²) in [7, 11) is 0. The summed E-state index contributed by atoms with van der Waals surface area (Å²) in [5.74, 6) is -0.0219. The van der Waals surface area contributed by atoms with Gasteiger partial charge in [-0.25, -0.2) is 10.4 Å². The van der Waals surface area contributed by atoms with Crippen LogP contribution in [-0.2, 0) is 5.75 Å². The number of nitrogens with one attached hydrogen (secondary N) is 1. The lowest BCUT2D eigenvalue weighted by Gasteiger charge is -2.03. The molecule has 4 rings (SSSR count). The molecule has 150 valence electrons. The van der Waals surface area contributed by atoms with Gasteiger partial charge < -0.3 is 10.2 Å². The predicted octanol–water partition coefficient (Wildman–Crippen LogP) is 4.76. The van der Waals surface area contributed by atoms with E-state index in [0.717, 1.165) is 21.2 Å². The van der Waals surface area contributed by atoms with E-state index in [1.165, 1.54) is 23.0 Å². The molecule has 0 radical (unpaired) electrons. The fraction of sp³-hybridized carbons (Fsp3) is 0.0455. The molecule has 1 amide bonds. The highest BCUT2D eigenvalue weighted by Gasteiger charge is 2.07. The minimum Gasteiger partial charge on any atom is -0.504 e. The van der Waals surface area contributed by atoms with E-state index >= 15 is 0 Å². The molecule has 4 aromatic rings. The summed E-state index contributed by atoms with van der Waals surface area (Å²) in [5.41, 5.74) is 5.60. The zero-order valence-corrected chi connectivity index (χ0v) is 17.3. The minimum atomic E-state index is -0.334. The van der Waals surface area contributed by atoms with Crippen LogP contribution in [0, 0.1) is 0 Å². The number of hydrazone groups is 1. The molecule has 0 saturated heterocycles. The van der Waals surface area contributed by atoms with E-state index < -0.39 is 0 Å². The zero-order chi connectivity index (χ0) is 20.9. The number of hydrogen-bond donors (Lipinski definition) is 3. The number of aromatic nitrogens is 1. The van der Waals surface area contributed by atoms with Crippen molar-refractivity contribution in [3.05, 3.63) is 83.4 Å². The fourth-order valence-corrected chi connectivity index (χ4v) is 4.69. The first-order valence-corrected chi connectivity index (χ1v) is 10.8. The smallest absolute Gasteiger partial charge is 0.271 e. The summed E-state index contributed by atoms with van der Waals surface area (Å²) in [6, 6.07) is 19.7. The molecule has 0 aliphatic rings. The topological polar surface area (TPSA) is 94.8 Å². The molecule has 0 spiro atoms. The van der Waals surface area contributed by atoms with Crippen LogP contribution in [0.4, 0.5) is 0 Å². The van der Waals surface area contributed by atoms with Gasteiger partial charge in [0.2, 0.25) is 0 Å². The number of hydrogen-bond acceptors (Lipinski definition) is 7. The Morgan fingerprint density at radius 1 is 1.07 bits per heavy atom. The van der Waals surface area contributed by atoms with Crippen LogP contribution in [0.25, 0.3) is 10.2 Å². The standard InChI is InChI=1S/C22H17N3O3S2/c26-18-10-7-15(11-19(18)27)12-23-25-21(28)16-8-5-14(6-9-16)13-29-22-24-17-3-1-2-4-20(17)30-22/h1-12,26-27H,13H2,(H,25,28). The van der Waals surface area contributed by atoms with Crippen LogP contribution in [0.15, 0.2) is 76.2 Å². The Labute approximate surface area is 180 Å². The summed E-state index contributed by atoms with van der Waals surface area (Å²) < 4.78 is 2.20. The van der Waals surface area contributed by atoms with Gasteiger partial charge in [0.1, 0.15) is 0 Å². The highest BCUT2D eigenvalue weighted by atomic mass is 32.2. The molecule has 3 aromatic carbocycles. The third-order valence-electron chi connectivity index (χ3n) is 4.23. The first-order chi connectivity index (χ1) is 14.6. The van der Waals surface area contributed by atoms with Crippen LogP contribution < -0.4 is 5.43 Å². The molecule has 8 heteroatoms. The van der Waals surface area contributed by atoms with E-state index in [1.54, 1.807) is 41.3 Å². The molecule has 6 nitrogen and oxygen atoms in total. The molecule has 30 heavy (non-hydrogen) atoms. The molecule has 0 aliphatic carbocycles. The monoisotopic (exact) mass is 435 g/mol. The van der Waals surface area contributed by atoms with Crippen molar-refractivity contribution in [3.63, 3.8) is 0 Å². The number of amides is 1. The Morgan fingerprint density at radius 2 is 1.87 bits per heavy atom. The van der Waals surface area contributed by atoms with Gasteiger partial charge in [0.05, 0.1) is 16.4 Å². The number of thioether (sulfide) groups is 1. The average Bonchev–Trinajstić information content (AvgIpc) is 3.18. The van der Waals surface area contributed by atoms with Crippen LogP contribution in [-0.4, -0.2) is 27.3 Å². The molecular weight excluding hydrogens is 418 g/mol. The van der Waals surface area contributed by atoms with E-state index in [2.05, 4.69) is 21.6 Å². The maximum Gasteiger partial charge on any atom is 0.271 e. The maximum absolute atomic E-state index is 12.2. The van der Waals surface area contributed by atoms with Gasteiger partial charge in [-0.15, -0.1) is 11.3 Å². The van der Waals surface area contributed by atoms with Crippen molar-refractivity contribution in [2.75, 3.05) is 0 Å². The van der Waals surface area contributed by atoms with E-state index in [-0.39, 0.29) is 17.4 Å². The van der Waals surface area contributed by atoms with Gasteiger partial charge in [0, 0.05) is 11.3 Å². The number of carbonyl (C=O) groups is 1. The Balaban J connectivity index is 1.32. The number of carbonyl (C=O) groups excluding carboxylic acids is 1. The summed E-state index contributed by atoms with van der Waals surface area (Å²) in [4.78, 5) is 16.8. The zero-order valence-electron chi connectivity index (χ0n) is 15.6. The second kappa shape index (κ2) is 8.98. The van der Waals surface area contributed by atoms with Crippen molar-refractivity contribution >= 4 is 45.4 Å². The van der Waals surface area contributed by atoms with Gasteiger partial charge >= 0.3 is 0 Å². The molecule has 1 aromatic heterocycles. The molecule has 3 N–H and O–H groups in total. The van der Waals surface area contributed by atoms with Gasteiger partial charge in [-0.2, -0.15) is 5.10 Å². The van der Waals surface area contributed by atoms with Crippen molar-refractivity contribution in [2.45, 2.75) is 10.1 Å². The number of aromatic hydroxyl groups is 2. The van der Waals surface area contributed by atoms with Gasteiger partial charge in [-0.05, 0) is 53.6 Å². The van der Waals surface area contributed by atoms with Crippen molar-refractivity contribution < 1.29 is 15.0 Å². The van der Waals surface area contributed by atoms with Crippen LogP contribution in [0.1, 0.15) is 21.5 Å². The van der Waals surface area contributed by atoms with Crippen LogP contribution in [0.3, 0.4) is 0 Å². The van der Waals surface area contributed by atoms with E-state index in [1.807, 2.05) is 30.3 Å². The minimum absolute atomic E-state index is 0.211. The Hall–Kier alpha value is -3.36. The molecule has 0 aliphatic heterocycles. The SMILES string of the molecule is O=C(NN=Cc1ccc(O)c(O)c1)c1ccc(CSc2nc3ccccc3s2)cc1. The van der Waals surface area contributed by atoms with Crippen LogP contribution >= 0.6 is 23.1 Å². The summed E-state index contributed by atoms with van der Waals surface area (Å²) in [6.45, 7) is 0. The van der Waals surface area contributed by atoms with Gasteiger partial charge in [0.25, 0.3) is 5.91 Å². The lowest BCUT2D eigenvalue weighted by molar-refractivity contribution is 0.0955. The molecule has 0 unspecified atom stereocenters. The summed E-state index contributed by atoms with van der Waals surface area (Å²) in [6.07, 6.45) is 1.39. The average molecular weight is 436 g/mol. The van der Waals surface area contributed by atoms with Crippen molar-refractivity contribution in [1.82, 2.24) is 10.4 Å². The third kappa shape index (κ3) is 4.79. The van der Waals surface area contributed by atoms with E-state index in [4.69, 9.17) is 0 Å². The molecule has 0 bridgehead atoms. The highest BCUT2D eigenvalue weighted by Crippen LogP contribution is 2.31. The number of thiazole rings is 1. The quantitative estimate of drug-likeness (QED) is 0.176. The highest BCUT2D eigenvalue weighted by molar-refractivity contribution is 8.00. The first kappa shape index (κ1) is 19.9. The Morgan fingerprint density at radius 3 is 2.63 bits per heavy atom. The van der Waals surface area contributed by atoms with Crippen LogP contribution in [0.2, 0.25) is 0 Å². The molecule has 0 atom stereocenters. The van der Waals surface area contributed by atoms with Crippen molar-refractivity contribution in [1.29, 1.82) is 0 Å². The Kier molecular flexibility index (Phi) is 5.97. The molecular formula is C22H17N3O3S2. The number of phenolic OH excluding ortho intramolecular Hbond substituents is 2. The third-order valence-corrected chi connectivity index (χ3v) is 6.48. The fourth-order valence-electron chi connectivity index (χ4n) is 2.66. The normalized spacial score (nSPS) is 11.2. The van der Waals surface area contributed by atoms with Crippen molar-refractivity contribution in [3.8, 4) is 11.5 Å². The van der Waals surface area contributed by atoms with Gasteiger partial charge in [-0.3, -0.25) is 4.79 Å². The number of benzene rings is 3. The van der Waals surface area contributed by atoms with E-state index in [0.29, 0.717) is 11.1 Å². The second-order valence-electron chi connectivity index (χ2n) is 6.38. The Bertz CT molecular complexity index is 1190. The summed E-state index contributed by atoms with van der Waals surface area (Å²) in [5, 5.41) is 22.6. The van der Waals surface area contributed by atoms with E-state index in [9.17, 15) is 15.0 Å². The number of phenols is 2. The predicted molar refractivity (Wildman–Crippen MR) is 120 cm³/mol. The number of rotatable bonds is 6. The number of fused-ring (bicyclic) bond motifs is 1. The summed E-state index contributed by atoms with van der Waals surface area (Å²) >= 11 is 3.35. The second-order valence-corrected chi connectivity index (χ2v) is 8.63. The molecule has 1 heterocycles. The van der Waals surface area contributed by atoms with Gasteiger partial charge in [-0.1, -0.05) is 36.0 Å². The first-order valence-electron chi connectivity index (χ1n) is 9.01.